The van der Waals surface area contributed by atoms with E-state index in [9.17, 15) is 4.79 Å². The third-order valence-electron chi connectivity index (χ3n) is 3.13. The maximum atomic E-state index is 10.5. The number of carboxylic acid groups (broad SMARTS) is 1. The Morgan fingerprint density at radius 3 is 2.47 bits per heavy atom. The minimum Gasteiger partial charge on any atom is -0.481 e. The minimum absolute atomic E-state index is 0.241. The molecule has 1 atom stereocenters. The quantitative estimate of drug-likeness (QED) is 0.689. The topological polar surface area (TPSA) is 49.3 Å². The van der Waals surface area contributed by atoms with Crippen molar-refractivity contribution in [3.63, 3.8) is 0 Å². The lowest BCUT2D eigenvalue weighted by Crippen LogP contribution is -2.32. The number of hydrogen-bond acceptors (Lipinski definition) is 2. The van der Waals surface area contributed by atoms with Crippen LogP contribution in [0.5, 0.6) is 0 Å². The van der Waals surface area contributed by atoms with E-state index >= 15 is 0 Å². The Morgan fingerprint density at radius 2 is 1.93 bits per heavy atom. The van der Waals surface area contributed by atoms with Gasteiger partial charge < -0.3 is 10.4 Å². The zero-order valence-electron chi connectivity index (χ0n) is 9.67. The number of carbonyl (C=O) groups is 1. The van der Waals surface area contributed by atoms with E-state index in [4.69, 9.17) is 5.11 Å². The molecule has 3 heteroatoms. The molecule has 2 N–H and O–H groups in total. The Bertz CT molecular complexity index is 186. The molecule has 0 aliphatic heterocycles. The first-order chi connectivity index (χ1) is 7.18. The Kier molecular flexibility index (Phi) is 5.69. The standard InChI is InChI=1S/C12H23NO2/c1-10(8-12(14)15)9-13-11-6-4-2-3-5-7-11/h10-11,13H,2-9H2,1H3,(H,14,15). The van der Waals surface area contributed by atoms with Crippen molar-refractivity contribution < 1.29 is 9.90 Å². The third-order valence-corrected chi connectivity index (χ3v) is 3.13. The predicted molar refractivity (Wildman–Crippen MR) is 60.9 cm³/mol. The van der Waals surface area contributed by atoms with Gasteiger partial charge in [-0.25, -0.2) is 0 Å². The molecule has 0 aromatic heterocycles. The van der Waals surface area contributed by atoms with Crippen molar-refractivity contribution >= 4 is 5.97 Å². The first-order valence-corrected chi connectivity index (χ1v) is 6.13. The summed E-state index contributed by atoms with van der Waals surface area (Å²) in [5, 5.41) is 12.1. The molecule has 1 rings (SSSR count). The second kappa shape index (κ2) is 6.83. The highest BCUT2D eigenvalue weighted by molar-refractivity contribution is 5.66. The summed E-state index contributed by atoms with van der Waals surface area (Å²) in [5.41, 5.74) is 0. The van der Waals surface area contributed by atoms with Gasteiger partial charge in [-0.3, -0.25) is 4.79 Å². The lowest BCUT2D eigenvalue weighted by Gasteiger charge is -2.18. The summed E-state index contributed by atoms with van der Waals surface area (Å²) >= 11 is 0. The van der Waals surface area contributed by atoms with Crippen LogP contribution in [0.1, 0.15) is 51.9 Å². The van der Waals surface area contributed by atoms with Crippen LogP contribution in [0.3, 0.4) is 0 Å². The summed E-state index contributed by atoms with van der Waals surface area (Å²) in [6.45, 7) is 2.84. The largest absolute Gasteiger partial charge is 0.481 e. The Morgan fingerprint density at radius 1 is 1.33 bits per heavy atom. The zero-order chi connectivity index (χ0) is 11.1. The molecule has 3 nitrogen and oxygen atoms in total. The van der Waals surface area contributed by atoms with Gasteiger partial charge in [0.2, 0.25) is 0 Å². The van der Waals surface area contributed by atoms with Gasteiger partial charge in [-0.05, 0) is 25.3 Å². The monoisotopic (exact) mass is 213 g/mol. The summed E-state index contributed by atoms with van der Waals surface area (Å²) in [4.78, 5) is 10.5. The van der Waals surface area contributed by atoms with Crippen molar-refractivity contribution in [1.29, 1.82) is 0 Å². The Balaban J connectivity index is 2.14. The van der Waals surface area contributed by atoms with Crippen molar-refractivity contribution in [1.82, 2.24) is 5.32 Å². The van der Waals surface area contributed by atoms with Crippen molar-refractivity contribution in [2.24, 2.45) is 5.92 Å². The SMILES string of the molecule is CC(CNC1CCCCCC1)CC(=O)O. The van der Waals surface area contributed by atoms with E-state index in [1.54, 1.807) is 0 Å². The summed E-state index contributed by atoms with van der Waals surface area (Å²) in [6, 6.07) is 0.628. The molecule has 1 fully saturated rings. The molecule has 1 aliphatic carbocycles. The van der Waals surface area contributed by atoms with E-state index in [1.165, 1.54) is 38.5 Å². The van der Waals surface area contributed by atoms with Crippen molar-refractivity contribution in [3.05, 3.63) is 0 Å². The van der Waals surface area contributed by atoms with Gasteiger partial charge in [0.05, 0.1) is 0 Å². The normalized spacial score (nSPS) is 20.9. The number of nitrogens with one attached hydrogen (secondary N) is 1. The molecule has 88 valence electrons. The van der Waals surface area contributed by atoms with Crippen LogP contribution >= 0.6 is 0 Å². The van der Waals surface area contributed by atoms with Crippen LogP contribution in [0.4, 0.5) is 0 Å². The molecule has 0 aromatic carbocycles. The molecular formula is C12H23NO2. The lowest BCUT2D eigenvalue weighted by molar-refractivity contribution is -0.137. The average molecular weight is 213 g/mol. The van der Waals surface area contributed by atoms with Crippen LogP contribution < -0.4 is 5.32 Å². The second-order valence-corrected chi connectivity index (χ2v) is 4.80. The zero-order valence-corrected chi connectivity index (χ0v) is 9.67. The van der Waals surface area contributed by atoms with Crippen molar-refractivity contribution in [2.75, 3.05) is 6.54 Å². The van der Waals surface area contributed by atoms with E-state index in [-0.39, 0.29) is 12.3 Å². The maximum absolute atomic E-state index is 10.5. The highest BCUT2D eigenvalue weighted by Gasteiger charge is 2.13. The van der Waals surface area contributed by atoms with Crippen molar-refractivity contribution in [2.45, 2.75) is 57.9 Å². The number of rotatable bonds is 5. The van der Waals surface area contributed by atoms with Crippen LogP contribution in [-0.2, 0) is 4.79 Å². The van der Waals surface area contributed by atoms with Gasteiger partial charge in [-0.1, -0.05) is 32.6 Å². The Labute approximate surface area is 92.3 Å². The molecule has 1 aliphatic rings. The number of aliphatic carboxylic acids is 1. The van der Waals surface area contributed by atoms with Gasteiger partial charge in [0.25, 0.3) is 0 Å². The van der Waals surface area contributed by atoms with E-state index in [0.29, 0.717) is 6.04 Å². The molecular weight excluding hydrogens is 190 g/mol. The molecule has 0 saturated heterocycles. The van der Waals surface area contributed by atoms with Crippen LogP contribution in [0.2, 0.25) is 0 Å². The highest BCUT2D eigenvalue weighted by Crippen LogP contribution is 2.17. The van der Waals surface area contributed by atoms with Gasteiger partial charge in [0.15, 0.2) is 0 Å². The molecule has 15 heavy (non-hydrogen) atoms. The van der Waals surface area contributed by atoms with E-state index in [0.717, 1.165) is 6.54 Å². The summed E-state index contributed by atoms with van der Waals surface area (Å²) in [6.07, 6.45) is 8.18. The molecule has 1 saturated carbocycles. The van der Waals surface area contributed by atoms with Crippen LogP contribution in [0, 0.1) is 5.92 Å². The minimum atomic E-state index is -0.690. The lowest BCUT2D eigenvalue weighted by atomic mass is 10.1. The molecule has 0 radical (unpaired) electrons. The fraction of sp³-hybridized carbons (Fsp3) is 0.917. The van der Waals surface area contributed by atoms with Gasteiger partial charge >= 0.3 is 5.97 Å². The van der Waals surface area contributed by atoms with E-state index in [2.05, 4.69) is 5.32 Å². The smallest absolute Gasteiger partial charge is 0.303 e. The molecule has 0 spiro atoms. The van der Waals surface area contributed by atoms with Crippen molar-refractivity contribution in [3.8, 4) is 0 Å². The van der Waals surface area contributed by atoms with Gasteiger partial charge in [-0.2, -0.15) is 0 Å². The van der Waals surface area contributed by atoms with Gasteiger partial charge in [-0.15, -0.1) is 0 Å². The highest BCUT2D eigenvalue weighted by atomic mass is 16.4. The Hall–Kier alpha value is -0.570. The molecule has 0 heterocycles. The first-order valence-electron chi connectivity index (χ1n) is 6.13. The number of hydrogen-bond donors (Lipinski definition) is 2. The van der Waals surface area contributed by atoms with Crippen LogP contribution in [-0.4, -0.2) is 23.7 Å². The predicted octanol–water partition coefficient (Wildman–Crippen LogP) is 2.41. The fourth-order valence-electron chi connectivity index (χ4n) is 2.22. The fourth-order valence-corrected chi connectivity index (χ4v) is 2.22. The second-order valence-electron chi connectivity index (χ2n) is 4.80. The molecule has 0 amide bonds. The number of carboxylic acids is 1. The van der Waals surface area contributed by atoms with Crippen LogP contribution in [0.25, 0.3) is 0 Å². The average Bonchev–Trinajstić information content (AvgIpc) is 2.41. The maximum Gasteiger partial charge on any atom is 0.303 e. The molecule has 0 aromatic rings. The van der Waals surface area contributed by atoms with E-state index < -0.39 is 5.97 Å². The van der Waals surface area contributed by atoms with Gasteiger partial charge in [0, 0.05) is 12.5 Å². The van der Waals surface area contributed by atoms with E-state index in [1.807, 2.05) is 6.92 Å². The van der Waals surface area contributed by atoms with Gasteiger partial charge in [0.1, 0.15) is 0 Å². The first kappa shape index (κ1) is 12.5. The summed E-state index contributed by atoms with van der Waals surface area (Å²) in [5.74, 6) is -0.448. The summed E-state index contributed by atoms with van der Waals surface area (Å²) in [7, 11) is 0. The molecule has 0 bridgehead atoms. The molecule has 1 unspecified atom stereocenters. The third kappa shape index (κ3) is 5.78. The van der Waals surface area contributed by atoms with Crippen LogP contribution in [0.15, 0.2) is 0 Å². The summed E-state index contributed by atoms with van der Waals surface area (Å²) < 4.78 is 0.